The van der Waals surface area contributed by atoms with E-state index in [4.69, 9.17) is 0 Å². The zero-order valence-corrected chi connectivity index (χ0v) is 15.3. The quantitative estimate of drug-likeness (QED) is 0.230. The average Bonchev–Trinajstić information content (AvgIpc) is 3.00. The number of Topliss-reactive ketones (excluding diaryl/α,β-unsaturated/α-hetero) is 1. The van der Waals surface area contributed by atoms with Crippen molar-refractivity contribution in [3.05, 3.63) is 100 Å². The summed E-state index contributed by atoms with van der Waals surface area (Å²) in [7, 11) is 0. The Kier molecular flexibility index (Phi) is 4.45. The number of rotatable bonds is 5. The number of ketones is 1. The van der Waals surface area contributed by atoms with Crippen molar-refractivity contribution >= 4 is 17.1 Å². The number of carbonyl (C=O) groups is 1. The molecule has 0 aliphatic heterocycles. The average molecular weight is 372 g/mol. The number of aromatic nitrogens is 2. The number of hydrogen-bond donors (Lipinski definition) is 0. The minimum absolute atomic E-state index is 0.0284. The highest BCUT2D eigenvalue weighted by Gasteiger charge is 2.26. The van der Waals surface area contributed by atoms with Gasteiger partial charge in [0, 0.05) is 36.2 Å². The van der Waals surface area contributed by atoms with Crippen LogP contribution in [0.5, 0.6) is 0 Å². The summed E-state index contributed by atoms with van der Waals surface area (Å²) >= 11 is 0. The standard InChI is InChI=1S/C22H18N3O3/c1-16-22(18-7-3-2-4-8-18)24(21-9-5-6-14-23(16)21)15-20(26)17-10-12-19(13-11-17)25(27)28/h2-14H,15H2,1H3/q+1. The Bertz CT molecular complexity index is 1180. The summed E-state index contributed by atoms with van der Waals surface area (Å²) in [5.74, 6) is -0.103. The number of fused-ring (bicyclic) bond motifs is 1. The lowest BCUT2D eigenvalue weighted by Crippen LogP contribution is -2.39. The molecule has 138 valence electrons. The van der Waals surface area contributed by atoms with Crippen LogP contribution in [0.15, 0.2) is 79.0 Å². The molecule has 0 aliphatic carbocycles. The van der Waals surface area contributed by atoms with E-state index in [1.54, 1.807) is 0 Å². The molecule has 4 aromatic rings. The van der Waals surface area contributed by atoms with Crippen LogP contribution in [0.2, 0.25) is 0 Å². The summed E-state index contributed by atoms with van der Waals surface area (Å²) in [4.78, 5) is 23.3. The second-order valence-corrected chi connectivity index (χ2v) is 6.54. The third-order valence-electron chi connectivity index (χ3n) is 4.84. The Hall–Kier alpha value is -3.80. The van der Waals surface area contributed by atoms with Gasteiger partial charge in [0.15, 0.2) is 17.9 Å². The number of nitro benzene ring substituents is 1. The van der Waals surface area contributed by atoms with Gasteiger partial charge in [-0.1, -0.05) is 36.4 Å². The number of carbonyl (C=O) groups excluding carboxylic acids is 1. The molecule has 0 saturated heterocycles. The first kappa shape index (κ1) is 17.6. The fraction of sp³-hybridized carbons (Fsp3) is 0.0909. The summed E-state index contributed by atoms with van der Waals surface area (Å²) < 4.78 is 4.06. The van der Waals surface area contributed by atoms with Crippen molar-refractivity contribution in [2.75, 3.05) is 0 Å². The molecule has 0 unspecified atom stereocenters. The fourth-order valence-corrected chi connectivity index (χ4v) is 3.49. The van der Waals surface area contributed by atoms with Crippen molar-refractivity contribution in [1.82, 2.24) is 4.40 Å². The van der Waals surface area contributed by atoms with Gasteiger partial charge in [0.05, 0.1) is 11.1 Å². The van der Waals surface area contributed by atoms with E-state index in [1.165, 1.54) is 24.3 Å². The maximum absolute atomic E-state index is 12.9. The molecule has 2 aromatic carbocycles. The van der Waals surface area contributed by atoms with Gasteiger partial charge in [-0.3, -0.25) is 14.9 Å². The molecule has 0 atom stereocenters. The van der Waals surface area contributed by atoms with Gasteiger partial charge < -0.3 is 0 Å². The van der Waals surface area contributed by atoms with E-state index in [0.717, 1.165) is 22.6 Å². The number of benzene rings is 2. The smallest absolute Gasteiger partial charge is 0.287 e. The molecule has 0 N–H and O–H groups in total. The SMILES string of the molecule is Cc1c(-c2ccccc2)[n+](CC(=O)c2ccc([N+](=O)[O-])cc2)c2ccccn12. The molecule has 2 heterocycles. The van der Waals surface area contributed by atoms with Crippen molar-refractivity contribution in [2.24, 2.45) is 0 Å². The molecule has 0 aliphatic rings. The molecule has 28 heavy (non-hydrogen) atoms. The molecule has 0 radical (unpaired) electrons. The van der Waals surface area contributed by atoms with Crippen molar-refractivity contribution < 1.29 is 14.3 Å². The van der Waals surface area contributed by atoms with Gasteiger partial charge in [-0.05, 0) is 18.2 Å². The maximum atomic E-state index is 12.9. The highest BCUT2D eigenvalue weighted by molar-refractivity contribution is 5.95. The zero-order valence-electron chi connectivity index (χ0n) is 15.3. The highest BCUT2D eigenvalue weighted by atomic mass is 16.6. The summed E-state index contributed by atoms with van der Waals surface area (Å²) in [6, 6.07) is 21.6. The van der Waals surface area contributed by atoms with E-state index < -0.39 is 4.92 Å². The van der Waals surface area contributed by atoms with Crippen LogP contribution in [0.1, 0.15) is 16.1 Å². The molecule has 2 aromatic heterocycles. The van der Waals surface area contributed by atoms with Crippen LogP contribution in [0.3, 0.4) is 0 Å². The number of aryl methyl sites for hydroxylation is 1. The van der Waals surface area contributed by atoms with Crippen LogP contribution in [0, 0.1) is 17.0 Å². The number of nitrogens with zero attached hydrogens (tertiary/aromatic N) is 3. The van der Waals surface area contributed by atoms with Gasteiger partial charge in [0.2, 0.25) is 5.78 Å². The summed E-state index contributed by atoms with van der Waals surface area (Å²) in [5, 5.41) is 10.8. The van der Waals surface area contributed by atoms with Crippen molar-refractivity contribution in [3.63, 3.8) is 0 Å². The molecule has 6 nitrogen and oxygen atoms in total. The van der Waals surface area contributed by atoms with Crippen molar-refractivity contribution in [1.29, 1.82) is 0 Å². The Labute approximate surface area is 161 Å². The Balaban J connectivity index is 1.79. The van der Waals surface area contributed by atoms with Crippen LogP contribution in [0.25, 0.3) is 16.9 Å². The van der Waals surface area contributed by atoms with E-state index in [1.807, 2.05) is 66.2 Å². The van der Waals surface area contributed by atoms with E-state index in [0.29, 0.717) is 5.56 Å². The Morgan fingerprint density at radius 3 is 2.36 bits per heavy atom. The first-order valence-electron chi connectivity index (χ1n) is 8.89. The predicted octanol–water partition coefficient (Wildman–Crippen LogP) is 3.99. The summed E-state index contributed by atoms with van der Waals surface area (Å²) in [6.07, 6.45) is 1.98. The Morgan fingerprint density at radius 2 is 1.68 bits per heavy atom. The lowest BCUT2D eigenvalue weighted by Gasteiger charge is -2.04. The number of imidazole rings is 1. The number of hydrogen-bond acceptors (Lipinski definition) is 3. The number of nitro groups is 1. The molecule has 6 heteroatoms. The topological polar surface area (TPSA) is 68.5 Å². The van der Waals surface area contributed by atoms with E-state index >= 15 is 0 Å². The van der Waals surface area contributed by atoms with Gasteiger partial charge >= 0.3 is 0 Å². The second kappa shape index (κ2) is 7.08. The minimum Gasteiger partial charge on any atom is -0.290 e. The van der Waals surface area contributed by atoms with Crippen molar-refractivity contribution in [3.8, 4) is 11.3 Å². The van der Waals surface area contributed by atoms with Gasteiger partial charge in [0.25, 0.3) is 11.3 Å². The molecule has 0 spiro atoms. The monoisotopic (exact) mass is 372 g/mol. The zero-order chi connectivity index (χ0) is 19.7. The third-order valence-corrected chi connectivity index (χ3v) is 4.84. The molecule has 0 saturated carbocycles. The summed E-state index contributed by atoms with van der Waals surface area (Å²) in [5.41, 5.74) is 4.37. The van der Waals surface area contributed by atoms with Crippen LogP contribution in [0.4, 0.5) is 5.69 Å². The molecule has 0 amide bonds. The van der Waals surface area contributed by atoms with E-state index in [9.17, 15) is 14.9 Å². The van der Waals surface area contributed by atoms with Gasteiger partial charge in [-0.15, -0.1) is 0 Å². The van der Waals surface area contributed by atoms with Crippen LogP contribution < -0.4 is 4.57 Å². The molecular weight excluding hydrogens is 354 g/mol. The largest absolute Gasteiger partial charge is 0.290 e. The predicted molar refractivity (Wildman–Crippen MR) is 105 cm³/mol. The first-order valence-corrected chi connectivity index (χ1v) is 8.89. The molecule has 4 rings (SSSR count). The summed E-state index contributed by atoms with van der Waals surface area (Å²) in [6.45, 7) is 2.17. The fourth-order valence-electron chi connectivity index (χ4n) is 3.49. The third kappa shape index (κ3) is 3.05. The second-order valence-electron chi connectivity index (χ2n) is 6.54. The maximum Gasteiger partial charge on any atom is 0.287 e. The lowest BCUT2D eigenvalue weighted by atomic mass is 10.1. The molecule has 0 bridgehead atoms. The molecule has 0 fully saturated rings. The van der Waals surface area contributed by atoms with E-state index in [-0.39, 0.29) is 18.0 Å². The first-order chi connectivity index (χ1) is 13.6. The van der Waals surface area contributed by atoms with Gasteiger partial charge in [-0.25, -0.2) is 4.57 Å². The van der Waals surface area contributed by atoms with Crippen LogP contribution >= 0.6 is 0 Å². The Morgan fingerprint density at radius 1 is 1.00 bits per heavy atom. The van der Waals surface area contributed by atoms with Crippen LogP contribution in [-0.2, 0) is 6.54 Å². The van der Waals surface area contributed by atoms with Crippen molar-refractivity contribution in [2.45, 2.75) is 13.5 Å². The number of non-ortho nitro benzene ring substituents is 1. The minimum atomic E-state index is -0.471. The van der Waals surface area contributed by atoms with Crippen LogP contribution in [-0.4, -0.2) is 15.1 Å². The van der Waals surface area contributed by atoms with E-state index in [2.05, 4.69) is 4.40 Å². The number of pyridine rings is 1. The molecular formula is C22H18N3O3+. The normalized spacial score (nSPS) is 10.9. The lowest BCUT2D eigenvalue weighted by molar-refractivity contribution is -0.645. The highest BCUT2D eigenvalue weighted by Crippen LogP contribution is 2.22. The van der Waals surface area contributed by atoms with Gasteiger partial charge in [-0.2, -0.15) is 4.40 Å². The van der Waals surface area contributed by atoms with Gasteiger partial charge in [0.1, 0.15) is 0 Å².